The van der Waals surface area contributed by atoms with Crippen LogP contribution in [0.2, 0.25) is 0 Å². The first-order valence-electron chi connectivity index (χ1n) is 4.00. The molecule has 0 bridgehead atoms. The standard InChI is InChI=1S/C8H18O2/c1-4-8(3)10-7-6-9-5-2/h8H,4-7H2,1-3H3. The second-order valence-corrected chi connectivity index (χ2v) is 2.29. The zero-order chi connectivity index (χ0) is 7.82. The van der Waals surface area contributed by atoms with E-state index in [0.717, 1.165) is 26.2 Å². The van der Waals surface area contributed by atoms with Gasteiger partial charge in [0.25, 0.3) is 0 Å². The van der Waals surface area contributed by atoms with Crippen LogP contribution in [0.3, 0.4) is 0 Å². The molecule has 0 heterocycles. The molecule has 0 aromatic heterocycles. The van der Waals surface area contributed by atoms with Gasteiger partial charge in [0.1, 0.15) is 0 Å². The number of hydrogen-bond acceptors (Lipinski definition) is 2. The second-order valence-electron chi connectivity index (χ2n) is 2.29. The van der Waals surface area contributed by atoms with Crippen LogP contribution in [0.15, 0.2) is 0 Å². The number of ether oxygens (including phenoxy) is 2. The molecule has 0 saturated carbocycles. The van der Waals surface area contributed by atoms with E-state index in [4.69, 9.17) is 9.47 Å². The van der Waals surface area contributed by atoms with Crippen LogP contribution in [-0.2, 0) is 9.47 Å². The van der Waals surface area contributed by atoms with Gasteiger partial charge in [0.2, 0.25) is 0 Å². The Morgan fingerprint density at radius 2 is 1.90 bits per heavy atom. The summed E-state index contributed by atoms with van der Waals surface area (Å²) in [5, 5.41) is 0. The minimum absolute atomic E-state index is 0.375. The van der Waals surface area contributed by atoms with Gasteiger partial charge in [-0.05, 0) is 20.3 Å². The van der Waals surface area contributed by atoms with E-state index < -0.39 is 0 Å². The predicted molar refractivity (Wildman–Crippen MR) is 42.2 cm³/mol. The minimum atomic E-state index is 0.375. The first kappa shape index (κ1) is 9.92. The van der Waals surface area contributed by atoms with Gasteiger partial charge >= 0.3 is 0 Å². The van der Waals surface area contributed by atoms with Crippen LogP contribution in [0.4, 0.5) is 0 Å². The maximum atomic E-state index is 5.37. The molecule has 0 aliphatic heterocycles. The van der Waals surface area contributed by atoms with Crippen molar-refractivity contribution >= 4 is 0 Å². The van der Waals surface area contributed by atoms with Crippen molar-refractivity contribution in [2.24, 2.45) is 0 Å². The molecule has 10 heavy (non-hydrogen) atoms. The van der Waals surface area contributed by atoms with Crippen molar-refractivity contribution in [1.82, 2.24) is 0 Å². The first-order valence-corrected chi connectivity index (χ1v) is 4.00. The number of rotatable bonds is 6. The normalized spacial score (nSPS) is 13.5. The van der Waals surface area contributed by atoms with Crippen molar-refractivity contribution in [2.45, 2.75) is 33.3 Å². The monoisotopic (exact) mass is 146 g/mol. The van der Waals surface area contributed by atoms with Crippen LogP contribution in [0.25, 0.3) is 0 Å². The van der Waals surface area contributed by atoms with Gasteiger partial charge in [-0.3, -0.25) is 0 Å². The van der Waals surface area contributed by atoms with Crippen molar-refractivity contribution in [3.05, 3.63) is 0 Å². The summed E-state index contributed by atoms with van der Waals surface area (Å²) in [5.41, 5.74) is 0. The third kappa shape index (κ3) is 6.05. The van der Waals surface area contributed by atoms with Crippen molar-refractivity contribution < 1.29 is 9.47 Å². The summed E-state index contributed by atoms with van der Waals surface area (Å²) >= 11 is 0. The lowest BCUT2D eigenvalue weighted by Crippen LogP contribution is -2.11. The highest BCUT2D eigenvalue weighted by Crippen LogP contribution is 1.94. The largest absolute Gasteiger partial charge is 0.379 e. The van der Waals surface area contributed by atoms with Gasteiger partial charge in [0.15, 0.2) is 0 Å². The SMILES string of the molecule is CCOCCOC(C)CC. The summed E-state index contributed by atoms with van der Waals surface area (Å²) in [6.45, 7) is 8.41. The van der Waals surface area contributed by atoms with Crippen LogP contribution in [0.1, 0.15) is 27.2 Å². The topological polar surface area (TPSA) is 18.5 Å². The molecule has 0 rings (SSSR count). The highest BCUT2D eigenvalue weighted by atomic mass is 16.5. The number of hydrogen-bond donors (Lipinski definition) is 0. The van der Waals surface area contributed by atoms with E-state index in [0.29, 0.717) is 6.10 Å². The Balaban J connectivity index is 2.89. The van der Waals surface area contributed by atoms with E-state index in [1.165, 1.54) is 0 Å². The van der Waals surface area contributed by atoms with E-state index in [1.54, 1.807) is 0 Å². The van der Waals surface area contributed by atoms with E-state index in [1.807, 2.05) is 6.92 Å². The fourth-order valence-electron chi connectivity index (χ4n) is 0.570. The molecule has 2 heteroatoms. The zero-order valence-corrected chi connectivity index (χ0v) is 7.22. The molecule has 0 saturated heterocycles. The molecule has 0 radical (unpaired) electrons. The lowest BCUT2D eigenvalue weighted by Gasteiger charge is -2.09. The molecular formula is C8H18O2. The van der Waals surface area contributed by atoms with E-state index in [2.05, 4.69) is 13.8 Å². The average Bonchev–Trinajstić information content (AvgIpc) is 1.98. The summed E-state index contributed by atoms with van der Waals surface area (Å²) in [5.74, 6) is 0. The Labute approximate surface area is 63.5 Å². The Morgan fingerprint density at radius 3 is 2.40 bits per heavy atom. The maximum Gasteiger partial charge on any atom is 0.0704 e. The van der Waals surface area contributed by atoms with Gasteiger partial charge in [-0.25, -0.2) is 0 Å². The molecule has 62 valence electrons. The molecule has 1 atom stereocenters. The molecular weight excluding hydrogens is 128 g/mol. The third-order valence-electron chi connectivity index (χ3n) is 1.41. The predicted octanol–water partition coefficient (Wildman–Crippen LogP) is 1.84. The highest BCUT2D eigenvalue weighted by molar-refractivity contribution is 4.43. The molecule has 0 amide bonds. The van der Waals surface area contributed by atoms with Crippen molar-refractivity contribution in [2.75, 3.05) is 19.8 Å². The minimum Gasteiger partial charge on any atom is -0.379 e. The quantitative estimate of drug-likeness (QED) is 0.532. The van der Waals surface area contributed by atoms with Gasteiger partial charge in [-0.2, -0.15) is 0 Å². The van der Waals surface area contributed by atoms with Crippen LogP contribution < -0.4 is 0 Å². The Morgan fingerprint density at radius 1 is 1.20 bits per heavy atom. The van der Waals surface area contributed by atoms with Crippen molar-refractivity contribution in [3.63, 3.8) is 0 Å². The molecule has 0 spiro atoms. The van der Waals surface area contributed by atoms with Gasteiger partial charge in [-0.1, -0.05) is 6.92 Å². The zero-order valence-electron chi connectivity index (χ0n) is 7.22. The smallest absolute Gasteiger partial charge is 0.0704 e. The molecule has 0 aromatic rings. The molecule has 2 nitrogen and oxygen atoms in total. The third-order valence-corrected chi connectivity index (χ3v) is 1.41. The first-order chi connectivity index (χ1) is 4.81. The lowest BCUT2D eigenvalue weighted by atomic mass is 10.3. The van der Waals surface area contributed by atoms with Crippen LogP contribution in [-0.4, -0.2) is 25.9 Å². The van der Waals surface area contributed by atoms with Gasteiger partial charge < -0.3 is 9.47 Å². The second kappa shape index (κ2) is 7.03. The molecule has 0 N–H and O–H groups in total. The van der Waals surface area contributed by atoms with Crippen LogP contribution >= 0.6 is 0 Å². The molecule has 1 unspecified atom stereocenters. The Bertz CT molecular complexity index is 64.3. The summed E-state index contributed by atoms with van der Waals surface area (Å²) in [6, 6.07) is 0. The molecule has 0 fully saturated rings. The van der Waals surface area contributed by atoms with Crippen LogP contribution in [0.5, 0.6) is 0 Å². The van der Waals surface area contributed by atoms with E-state index in [9.17, 15) is 0 Å². The average molecular weight is 146 g/mol. The summed E-state index contributed by atoms with van der Waals surface area (Å²) in [4.78, 5) is 0. The summed E-state index contributed by atoms with van der Waals surface area (Å²) in [7, 11) is 0. The van der Waals surface area contributed by atoms with Crippen LogP contribution in [0, 0.1) is 0 Å². The van der Waals surface area contributed by atoms with E-state index in [-0.39, 0.29) is 0 Å². The summed E-state index contributed by atoms with van der Waals surface area (Å²) in [6.07, 6.45) is 1.45. The fraction of sp³-hybridized carbons (Fsp3) is 1.00. The summed E-state index contributed by atoms with van der Waals surface area (Å²) < 4.78 is 10.5. The Kier molecular flexibility index (Phi) is 6.98. The van der Waals surface area contributed by atoms with Gasteiger partial charge in [0.05, 0.1) is 19.3 Å². The molecule has 0 aliphatic carbocycles. The highest BCUT2D eigenvalue weighted by Gasteiger charge is 1.95. The Hall–Kier alpha value is -0.0800. The van der Waals surface area contributed by atoms with Gasteiger partial charge in [-0.15, -0.1) is 0 Å². The van der Waals surface area contributed by atoms with Crippen molar-refractivity contribution in [3.8, 4) is 0 Å². The van der Waals surface area contributed by atoms with E-state index >= 15 is 0 Å². The fourth-order valence-corrected chi connectivity index (χ4v) is 0.570. The molecule has 0 aliphatic rings. The van der Waals surface area contributed by atoms with Crippen molar-refractivity contribution in [1.29, 1.82) is 0 Å². The lowest BCUT2D eigenvalue weighted by molar-refractivity contribution is 0.0142. The van der Waals surface area contributed by atoms with Gasteiger partial charge in [0, 0.05) is 6.61 Å². The maximum absolute atomic E-state index is 5.37. The molecule has 0 aromatic carbocycles.